The van der Waals surface area contributed by atoms with Gasteiger partial charge in [0.2, 0.25) is 0 Å². The number of aromatic nitrogens is 2. The van der Waals surface area contributed by atoms with Crippen molar-refractivity contribution in [1.29, 1.82) is 0 Å². The van der Waals surface area contributed by atoms with Crippen LogP contribution in [0.1, 0.15) is 12.5 Å². The van der Waals surface area contributed by atoms with E-state index < -0.39 is 0 Å². The van der Waals surface area contributed by atoms with Crippen molar-refractivity contribution in [3.63, 3.8) is 0 Å². The maximum atomic E-state index is 9.18. The third-order valence-corrected chi connectivity index (χ3v) is 3.97. The van der Waals surface area contributed by atoms with Crippen LogP contribution in [0.2, 0.25) is 5.15 Å². The molecule has 6 heteroatoms. The van der Waals surface area contributed by atoms with E-state index in [9.17, 15) is 5.11 Å². The number of aliphatic hydroxyl groups is 1. The molecule has 0 saturated heterocycles. The van der Waals surface area contributed by atoms with Gasteiger partial charge in [-0.25, -0.2) is 9.97 Å². The Morgan fingerprint density at radius 2 is 2.25 bits per heavy atom. The highest BCUT2D eigenvalue weighted by Gasteiger charge is 2.16. The first-order valence-electron chi connectivity index (χ1n) is 4.97. The third kappa shape index (κ3) is 3.23. The highest BCUT2D eigenvalue weighted by atomic mass is 35.5. The quantitative estimate of drug-likeness (QED) is 0.794. The topological polar surface area (TPSA) is 58.0 Å². The van der Waals surface area contributed by atoms with Crippen LogP contribution in [0.25, 0.3) is 0 Å². The van der Waals surface area contributed by atoms with Crippen molar-refractivity contribution in [3.8, 4) is 0 Å². The van der Waals surface area contributed by atoms with Gasteiger partial charge in [-0.1, -0.05) is 11.6 Å². The van der Waals surface area contributed by atoms with Crippen LogP contribution < -0.4 is 5.32 Å². The van der Waals surface area contributed by atoms with Crippen LogP contribution in [0.5, 0.6) is 0 Å². The molecule has 2 unspecified atom stereocenters. The second kappa shape index (κ2) is 6.27. The number of nitrogens with zero attached hydrogens (tertiary/aromatic N) is 2. The van der Waals surface area contributed by atoms with Gasteiger partial charge < -0.3 is 10.4 Å². The zero-order valence-corrected chi connectivity index (χ0v) is 11.1. The molecule has 0 aliphatic carbocycles. The number of nitrogens with one attached hydrogen (secondary N) is 1. The molecule has 90 valence electrons. The molecule has 0 amide bonds. The number of rotatable bonds is 5. The Bertz CT molecular complexity index is 347. The number of aliphatic hydroxyl groups excluding tert-OH is 1. The number of halogens is 1. The second-order valence-electron chi connectivity index (χ2n) is 3.53. The van der Waals surface area contributed by atoms with Gasteiger partial charge >= 0.3 is 0 Å². The minimum absolute atomic E-state index is 0.115. The molecule has 1 heterocycles. The first-order valence-corrected chi connectivity index (χ1v) is 6.64. The van der Waals surface area contributed by atoms with Gasteiger partial charge in [0.1, 0.15) is 17.3 Å². The highest BCUT2D eigenvalue weighted by Crippen LogP contribution is 2.21. The zero-order chi connectivity index (χ0) is 12.1. The van der Waals surface area contributed by atoms with Crippen LogP contribution in [0.15, 0.2) is 6.33 Å². The fourth-order valence-electron chi connectivity index (χ4n) is 1.32. The second-order valence-corrected chi connectivity index (χ2v) is 4.96. The van der Waals surface area contributed by atoms with Crippen LogP contribution in [0.3, 0.4) is 0 Å². The van der Waals surface area contributed by atoms with Crippen LogP contribution in [0.4, 0.5) is 5.82 Å². The summed E-state index contributed by atoms with van der Waals surface area (Å²) in [6.07, 6.45) is 3.40. The smallest absolute Gasteiger partial charge is 0.137 e. The first kappa shape index (κ1) is 13.5. The molecular formula is C10H16ClN3OS. The number of anilines is 1. The van der Waals surface area contributed by atoms with E-state index in [2.05, 4.69) is 15.3 Å². The van der Waals surface area contributed by atoms with Crippen LogP contribution in [-0.2, 0) is 0 Å². The van der Waals surface area contributed by atoms with Crippen molar-refractivity contribution in [2.75, 3.05) is 18.2 Å². The predicted molar refractivity (Wildman–Crippen MR) is 69.3 cm³/mol. The molecule has 0 fully saturated rings. The fourth-order valence-corrected chi connectivity index (χ4v) is 2.08. The summed E-state index contributed by atoms with van der Waals surface area (Å²) in [5.74, 6) is 0.722. The molecule has 1 aromatic rings. The Hall–Kier alpha value is -0.520. The average Bonchev–Trinajstić information content (AvgIpc) is 2.26. The lowest BCUT2D eigenvalue weighted by Gasteiger charge is -2.22. The summed E-state index contributed by atoms with van der Waals surface area (Å²) >= 11 is 7.52. The lowest BCUT2D eigenvalue weighted by Crippen LogP contribution is -2.31. The minimum atomic E-state index is 0.115. The summed E-state index contributed by atoms with van der Waals surface area (Å²) in [6, 6.07) is 0.115. The summed E-state index contributed by atoms with van der Waals surface area (Å²) in [6.45, 7) is 4.00. The molecule has 2 N–H and O–H groups in total. The molecule has 2 atom stereocenters. The summed E-state index contributed by atoms with van der Waals surface area (Å²) in [5.41, 5.74) is 0.828. The molecule has 1 aromatic heterocycles. The molecule has 0 aromatic carbocycles. The summed E-state index contributed by atoms with van der Waals surface area (Å²) in [5, 5.41) is 13.0. The zero-order valence-electron chi connectivity index (χ0n) is 9.57. The SMILES string of the molecule is CSC(CO)C(C)Nc1ncnc(Cl)c1C. The Morgan fingerprint density at radius 3 is 2.81 bits per heavy atom. The normalized spacial score (nSPS) is 14.6. The Morgan fingerprint density at radius 1 is 1.56 bits per heavy atom. The van der Waals surface area contributed by atoms with Gasteiger partial charge in [0.25, 0.3) is 0 Å². The van der Waals surface area contributed by atoms with E-state index >= 15 is 0 Å². The van der Waals surface area contributed by atoms with Crippen LogP contribution in [0, 0.1) is 6.92 Å². The molecule has 0 bridgehead atoms. The monoisotopic (exact) mass is 261 g/mol. The maximum Gasteiger partial charge on any atom is 0.137 e. The highest BCUT2D eigenvalue weighted by molar-refractivity contribution is 7.99. The molecule has 0 aliphatic rings. The van der Waals surface area contributed by atoms with Gasteiger partial charge in [-0.15, -0.1) is 0 Å². The van der Waals surface area contributed by atoms with Gasteiger partial charge in [0.05, 0.1) is 6.61 Å². The Balaban J connectivity index is 2.76. The lowest BCUT2D eigenvalue weighted by molar-refractivity contribution is 0.288. The van der Waals surface area contributed by atoms with Crippen LogP contribution >= 0.6 is 23.4 Å². The summed E-state index contributed by atoms with van der Waals surface area (Å²) < 4.78 is 0. The molecule has 0 saturated carbocycles. The number of hydrogen-bond donors (Lipinski definition) is 2. The van der Waals surface area contributed by atoms with Gasteiger partial charge in [-0.2, -0.15) is 11.8 Å². The average molecular weight is 262 g/mol. The van der Waals surface area contributed by atoms with Crippen molar-refractivity contribution in [2.45, 2.75) is 25.1 Å². The largest absolute Gasteiger partial charge is 0.395 e. The van der Waals surface area contributed by atoms with E-state index in [0.717, 1.165) is 11.4 Å². The van der Waals surface area contributed by atoms with Crippen LogP contribution in [-0.4, -0.2) is 39.2 Å². The van der Waals surface area contributed by atoms with Gasteiger partial charge in [-0.05, 0) is 20.1 Å². The first-order chi connectivity index (χ1) is 7.60. The molecule has 0 spiro atoms. The predicted octanol–water partition coefficient (Wildman–Crippen LogP) is 1.96. The van der Waals surface area contributed by atoms with E-state index in [0.29, 0.717) is 5.15 Å². The van der Waals surface area contributed by atoms with Crippen molar-refractivity contribution in [1.82, 2.24) is 9.97 Å². The molecule has 1 rings (SSSR count). The van der Waals surface area contributed by atoms with E-state index in [4.69, 9.17) is 11.6 Å². The molecule has 16 heavy (non-hydrogen) atoms. The number of hydrogen-bond acceptors (Lipinski definition) is 5. The van der Waals surface area contributed by atoms with Gasteiger partial charge in [0, 0.05) is 16.9 Å². The summed E-state index contributed by atoms with van der Waals surface area (Å²) in [7, 11) is 0. The Labute approximate surface area is 105 Å². The van der Waals surface area contributed by atoms with Crippen molar-refractivity contribution in [2.24, 2.45) is 0 Å². The van der Waals surface area contributed by atoms with Crippen molar-refractivity contribution >= 4 is 29.2 Å². The van der Waals surface area contributed by atoms with Gasteiger partial charge in [-0.3, -0.25) is 0 Å². The fraction of sp³-hybridized carbons (Fsp3) is 0.600. The van der Waals surface area contributed by atoms with E-state index in [1.807, 2.05) is 20.1 Å². The van der Waals surface area contributed by atoms with Crippen molar-refractivity contribution < 1.29 is 5.11 Å². The van der Waals surface area contributed by atoms with E-state index in [-0.39, 0.29) is 17.9 Å². The summed E-state index contributed by atoms with van der Waals surface area (Å²) in [4.78, 5) is 8.02. The standard InChI is InChI=1S/C10H16ClN3OS/c1-6-9(11)12-5-13-10(6)14-7(2)8(4-15)16-3/h5,7-8,15H,4H2,1-3H3,(H,12,13,14). The van der Waals surface area contributed by atoms with E-state index in [1.54, 1.807) is 11.8 Å². The lowest BCUT2D eigenvalue weighted by atomic mass is 10.2. The van der Waals surface area contributed by atoms with Crippen molar-refractivity contribution in [3.05, 3.63) is 17.0 Å². The maximum absolute atomic E-state index is 9.18. The number of thioether (sulfide) groups is 1. The molecular weight excluding hydrogens is 246 g/mol. The Kier molecular flexibility index (Phi) is 5.31. The molecule has 4 nitrogen and oxygen atoms in total. The molecule has 0 radical (unpaired) electrons. The third-order valence-electron chi connectivity index (χ3n) is 2.43. The van der Waals surface area contributed by atoms with Gasteiger partial charge in [0.15, 0.2) is 0 Å². The minimum Gasteiger partial charge on any atom is -0.395 e. The van der Waals surface area contributed by atoms with E-state index in [1.165, 1.54) is 6.33 Å². The molecule has 0 aliphatic heterocycles.